The summed E-state index contributed by atoms with van der Waals surface area (Å²) in [6.45, 7) is 12.0. The molecule has 3 heteroatoms. The smallest absolute Gasteiger partial charge is 0.0624 e. The molecule has 0 aromatic rings. The minimum absolute atomic E-state index is 0.356. The van der Waals surface area contributed by atoms with Gasteiger partial charge in [-0.25, -0.2) is 0 Å². The van der Waals surface area contributed by atoms with Gasteiger partial charge in [0.1, 0.15) is 0 Å². The van der Waals surface area contributed by atoms with Crippen LogP contribution in [0.4, 0.5) is 0 Å². The van der Waals surface area contributed by atoms with Crippen LogP contribution in [0.5, 0.6) is 0 Å². The largest absolute Gasteiger partial charge is 0.378 e. The first-order chi connectivity index (χ1) is 9.08. The standard InChI is InChI=1S/C16H33NO2/c1-13(2)12-17-8-6-5-7-9-18-16-10-14(3)19-15(4)11-16/h13-17H,5-12H2,1-4H3. The van der Waals surface area contributed by atoms with Gasteiger partial charge in [0.2, 0.25) is 0 Å². The average molecular weight is 271 g/mol. The summed E-state index contributed by atoms with van der Waals surface area (Å²) in [5.74, 6) is 0.751. The normalized spacial score (nSPS) is 27.9. The number of rotatable bonds is 9. The summed E-state index contributed by atoms with van der Waals surface area (Å²) in [7, 11) is 0. The van der Waals surface area contributed by atoms with E-state index in [1.54, 1.807) is 0 Å². The van der Waals surface area contributed by atoms with Gasteiger partial charge in [-0.1, -0.05) is 13.8 Å². The highest BCUT2D eigenvalue weighted by atomic mass is 16.5. The minimum Gasteiger partial charge on any atom is -0.378 e. The highest BCUT2D eigenvalue weighted by molar-refractivity contribution is 4.73. The molecule has 1 aliphatic rings. The van der Waals surface area contributed by atoms with Gasteiger partial charge in [-0.3, -0.25) is 0 Å². The molecule has 0 aromatic carbocycles. The van der Waals surface area contributed by atoms with Gasteiger partial charge in [-0.15, -0.1) is 0 Å². The van der Waals surface area contributed by atoms with Crippen molar-refractivity contribution in [3.63, 3.8) is 0 Å². The molecular formula is C16H33NO2. The van der Waals surface area contributed by atoms with Crippen LogP contribution in [0.3, 0.4) is 0 Å². The number of unbranched alkanes of at least 4 members (excludes halogenated alkanes) is 2. The lowest BCUT2D eigenvalue weighted by Gasteiger charge is -2.32. The lowest BCUT2D eigenvalue weighted by atomic mass is 10.0. The monoisotopic (exact) mass is 271 g/mol. The van der Waals surface area contributed by atoms with Crippen LogP contribution in [0.2, 0.25) is 0 Å². The Hall–Kier alpha value is -0.120. The highest BCUT2D eigenvalue weighted by Gasteiger charge is 2.24. The molecule has 0 bridgehead atoms. The molecule has 1 aliphatic heterocycles. The molecule has 19 heavy (non-hydrogen) atoms. The Morgan fingerprint density at radius 1 is 1.11 bits per heavy atom. The molecule has 1 saturated heterocycles. The second kappa shape index (κ2) is 9.73. The van der Waals surface area contributed by atoms with Crippen LogP contribution in [0.25, 0.3) is 0 Å². The van der Waals surface area contributed by atoms with Crippen molar-refractivity contribution < 1.29 is 9.47 Å². The van der Waals surface area contributed by atoms with Crippen molar-refractivity contribution in [1.82, 2.24) is 5.32 Å². The Kier molecular flexibility index (Phi) is 8.67. The Balaban J connectivity index is 1.90. The zero-order valence-electron chi connectivity index (χ0n) is 13.3. The van der Waals surface area contributed by atoms with E-state index in [1.165, 1.54) is 19.3 Å². The van der Waals surface area contributed by atoms with Crippen LogP contribution in [0, 0.1) is 5.92 Å². The molecule has 0 saturated carbocycles. The third-order valence-corrected chi connectivity index (χ3v) is 3.56. The summed E-state index contributed by atoms with van der Waals surface area (Å²) < 4.78 is 11.7. The Morgan fingerprint density at radius 2 is 1.79 bits per heavy atom. The van der Waals surface area contributed by atoms with Gasteiger partial charge < -0.3 is 14.8 Å². The molecule has 114 valence electrons. The third kappa shape index (κ3) is 8.61. The fraction of sp³-hybridized carbons (Fsp3) is 1.00. The van der Waals surface area contributed by atoms with Crippen molar-refractivity contribution in [3.8, 4) is 0 Å². The number of nitrogens with one attached hydrogen (secondary N) is 1. The van der Waals surface area contributed by atoms with Crippen molar-refractivity contribution in [1.29, 1.82) is 0 Å². The van der Waals surface area contributed by atoms with E-state index < -0.39 is 0 Å². The molecule has 1 N–H and O–H groups in total. The van der Waals surface area contributed by atoms with E-state index >= 15 is 0 Å². The average Bonchev–Trinajstić information content (AvgIpc) is 2.31. The Bertz CT molecular complexity index is 211. The predicted molar refractivity (Wildman–Crippen MR) is 80.5 cm³/mol. The maximum atomic E-state index is 5.97. The maximum absolute atomic E-state index is 5.97. The lowest BCUT2D eigenvalue weighted by Crippen LogP contribution is -2.34. The molecule has 3 nitrogen and oxygen atoms in total. The van der Waals surface area contributed by atoms with Gasteiger partial charge in [0, 0.05) is 6.61 Å². The van der Waals surface area contributed by atoms with E-state index in [9.17, 15) is 0 Å². The molecule has 1 rings (SSSR count). The first-order valence-electron chi connectivity index (χ1n) is 8.05. The summed E-state index contributed by atoms with van der Waals surface area (Å²) in [5, 5.41) is 3.48. The Morgan fingerprint density at radius 3 is 2.42 bits per heavy atom. The topological polar surface area (TPSA) is 30.5 Å². The van der Waals surface area contributed by atoms with Gasteiger partial charge >= 0.3 is 0 Å². The van der Waals surface area contributed by atoms with E-state index in [-0.39, 0.29) is 0 Å². The summed E-state index contributed by atoms with van der Waals surface area (Å²) >= 11 is 0. The molecule has 0 spiro atoms. The van der Waals surface area contributed by atoms with E-state index in [1.807, 2.05) is 0 Å². The van der Waals surface area contributed by atoms with E-state index in [2.05, 4.69) is 33.0 Å². The second-order valence-corrected chi connectivity index (χ2v) is 6.38. The molecule has 0 aromatic heterocycles. The minimum atomic E-state index is 0.356. The summed E-state index contributed by atoms with van der Waals surface area (Å²) in [4.78, 5) is 0. The van der Waals surface area contributed by atoms with E-state index in [0.29, 0.717) is 18.3 Å². The number of ether oxygens (including phenoxy) is 2. The molecule has 1 fully saturated rings. The van der Waals surface area contributed by atoms with Gasteiger partial charge in [0.15, 0.2) is 0 Å². The molecule has 0 aliphatic carbocycles. The first kappa shape index (κ1) is 16.9. The van der Waals surface area contributed by atoms with Crippen molar-refractivity contribution in [2.24, 2.45) is 5.92 Å². The van der Waals surface area contributed by atoms with Crippen LogP contribution in [0.15, 0.2) is 0 Å². The van der Waals surface area contributed by atoms with Gasteiger partial charge in [0.25, 0.3) is 0 Å². The van der Waals surface area contributed by atoms with Crippen LogP contribution in [-0.2, 0) is 9.47 Å². The van der Waals surface area contributed by atoms with Gasteiger partial charge in [-0.05, 0) is 65.0 Å². The Labute approximate surface area is 119 Å². The fourth-order valence-electron chi connectivity index (χ4n) is 2.65. The van der Waals surface area contributed by atoms with Crippen molar-refractivity contribution in [2.45, 2.75) is 78.1 Å². The fourth-order valence-corrected chi connectivity index (χ4v) is 2.65. The summed E-state index contributed by atoms with van der Waals surface area (Å²) in [5.41, 5.74) is 0. The lowest BCUT2D eigenvalue weighted by molar-refractivity contribution is -0.102. The van der Waals surface area contributed by atoms with Gasteiger partial charge in [-0.2, -0.15) is 0 Å². The molecule has 0 amide bonds. The van der Waals surface area contributed by atoms with Crippen LogP contribution in [0.1, 0.15) is 59.8 Å². The van der Waals surface area contributed by atoms with Crippen LogP contribution < -0.4 is 5.32 Å². The quantitative estimate of drug-likeness (QED) is 0.652. The maximum Gasteiger partial charge on any atom is 0.0624 e. The first-order valence-corrected chi connectivity index (χ1v) is 8.05. The number of hydrogen-bond donors (Lipinski definition) is 1. The highest BCUT2D eigenvalue weighted by Crippen LogP contribution is 2.21. The predicted octanol–water partition coefficient (Wildman–Crippen LogP) is 3.37. The van der Waals surface area contributed by atoms with E-state index in [0.717, 1.165) is 38.5 Å². The molecular weight excluding hydrogens is 238 g/mol. The SMILES string of the molecule is CC(C)CNCCCCCOC1CC(C)OC(C)C1. The van der Waals surface area contributed by atoms with Crippen LogP contribution >= 0.6 is 0 Å². The van der Waals surface area contributed by atoms with E-state index in [4.69, 9.17) is 9.47 Å². The third-order valence-electron chi connectivity index (χ3n) is 3.56. The number of hydrogen-bond acceptors (Lipinski definition) is 3. The molecule has 2 unspecified atom stereocenters. The van der Waals surface area contributed by atoms with Crippen molar-refractivity contribution in [3.05, 3.63) is 0 Å². The molecule has 2 atom stereocenters. The summed E-state index contributed by atoms with van der Waals surface area (Å²) in [6, 6.07) is 0. The van der Waals surface area contributed by atoms with Crippen molar-refractivity contribution >= 4 is 0 Å². The molecule has 1 heterocycles. The zero-order valence-corrected chi connectivity index (χ0v) is 13.3. The van der Waals surface area contributed by atoms with Crippen LogP contribution in [-0.4, -0.2) is 38.0 Å². The molecule has 0 radical (unpaired) electrons. The summed E-state index contributed by atoms with van der Waals surface area (Å²) in [6.07, 6.45) is 6.95. The van der Waals surface area contributed by atoms with Gasteiger partial charge in [0.05, 0.1) is 18.3 Å². The second-order valence-electron chi connectivity index (χ2n) is 6.38. The van der Waals surface area contributed by atoms with Crippen molar-refractivity contribution in [2.75, 3.05) is 19.7 Å². The zero-order chi connectivity index (χ0) is 14.1.